The van der Waals surface area contributed by atoms with Gasteiger partial charge in [0.1, 0.15) is 0 Å². The van der Waals surface area contributed by atoms with E-state index in [1.54, 1.807) is 19.2 Å². The van der Waals surface area contributed by atoms with Crippen molar-refractivity contribution in [3.05, 3.63) is 56.9 Å². The molecule has 1 aromatic carbocycles. The quantitative estimate of drug-likeness (QED) is 0.696. The zero-order valence-electron chi connectivity index (χ0n) is 13.1. The molecule has 0 unspecified atom stereocenters. The van der Waals surface area contributed by atoms with Gasteiger partial charge in [0.05, 0.1) is 17.2 Å². The first kappa shape index (κ1) is 15.2. The van der Waals surface area contributed by atoms with Crippen molar-refractivity contribution in [2.45, 2.75) is 32.2 Å². The van der Waals surface area contributed by atoms with E-state index in [-0.39, 0.29) is 17.6 Å². The number of nitrogens with one attached hydrogen (secondary N) is 1. The van der Waals surface area contributed by atoms with E-state index in [0.29, 0.717) is 11.1 Å². The fourth-order valence-corrected chi connectivity index (χ4v) is 3.16. The Hall–Kier alpha value is -2.70. The second-order valence-corrected chi connectivity index (χ2v) is 5.80. The van der Waals surface area contributed by atoms with Crippen LogP contribution in [0.3, 0.4) is 0 Å². The van der Waals surface area contributed by atoms with Crippen molar-refractivity contribution in [1.29, 1.82) is 0 Å². The normalized spacial score (nSPS) is 16.7. The number of carbonyl (C=O) groups excluding carboxylic acids is 1. The number of benzene rings is 1. The number of carbonyl (C=O) groups is 1. The molecule has 1 aromatic heterocycles. The molecule has 7 heteroatoms. The lowest BCUT2D eigenvalue weighted by molar-refractivity contribution is -0.385. The second kappa shape index (κ2) is 5.83. The van der Waals surface area contributed by atoms with Gasteiger partial charge in [0.2, 0.25) is 0 Å². The van der Waals surface area contributed by atoms with Crippen molar-refractivity contribution in [3.8, 4) is 0 Å². The summed E-state index contributed by atoms with van der Waals surface area (Å²) in [6.07, 6.45) is 4.57. The van der Waals surface area contributed by atoms with Crippen molar-refractivity contribution in [3.63, 3.8) is 0 Å². The average molecular weight is 314 g/mol. The van der Waals surface area contributed by atoms with Crippen LogP contribution in [0.4, 0.5) is 5.69 Å². The molecule has 3 rings (SSSR count). The number of amides is 1. The Kier molecular flexibility index (Phi) is 3.85. The highest BCUT2D eigenvalue weighted by Gasteiger charge is 2.26. The molecule has 2 aromatic rings. The van der Waals surface area contributed by atoms with Crippen LogP contribution in [-0.4, -0.2) is 20.6 Å². The lowest BCUT2D eigenvalue weighted by atomic mass is 9.92. The Balaban J connectivity index is 1.86. The van der Waals surface area contributed by atoms with E-state index in [1.165, 1.54) is 12.1 Å². The smallest absolute Gasteiger partial charge is 0.273 e. The van der Waals surface area contributed by atoms with Crippen LogP contribution in [0.5, 0.6) is 0 Å². The molecule has 1 N–H and O–H groups in total. The van der Waals surface area contributed by atoms with Crippen LogP contribution in [0.1, 0.15) is 46.1 Å². The number of fused-ring (bicyclic) bond motifs is 1. The van der Waals surface area contributed by atoms with Gasteiger partial charge in [-0.25, -0.2) is 0 Å². The fourth-order valence-electron chi connectivity index (χ4n) is 3.16. The van der Waals surface area contributed by atoms with E-state index in [9.17, 15) is 14.9 Å². The van der Waals surface area contributed by atoms with E-state index in [1.807, 2.05) is 11.7 Å². The van der Waals surface area contributed by atoms with Crippen molar-refractivity contribution >= 4 is 11.6 Å². The molecule has 7 nitrogen and oxygen atoms in total. The number of nitro groups is 1. The number of aryl methyl sites for hydroxylation is 1. The minimum atomic E-state index is -0.466. The first-order valence-electron chi connectivity index (χ1n) is 7.54. The topological polar surface area (TPSA) is 90.1 Å². The monoisotopic (exact) mass is 314 g/mol. The maximum Gasteiger partial charge on any atom is 0.273 e. The van der Waals surface area contributed by atoms with Crippen molar-refractivity contribution in [1.82, 2.24) is 15.1 Å². The summed E-state index contributed by atoms with van der Waals surface area (Å²) in [5, 5.41) is 18.3. The molecule has 1 aliphatic carbocycles. The average Bonchev–Trinajstić information content (AvgIpc) is 2.90. The summed E-state index contributed by atoms with van der Waals surface area (Å²) in [4.78, 5) is 23.1. The predicted molar refractivity (Wildman–Crippen MR) is 84.2 cm³/mol. The highest BCUT2D eigenvalue weighted by atomic mass is 16.6. The number of aromatic nitrogens is 2. The van der Waals surface area contributed by atoms with Gasteiger partial charge in [-0.3, -0.25) is 19.6 Å². The van der Waals surface area contributed by atoms with Crippen LogP contribution in [0.25, 0.3) is 0 Å². The fraction of sp³-hybridized carbons (Fsp3) is 0.375. The van der Waals surface area contributed by atoms with Crippen LogP contribution >= 0.6 is 0 Å². The molecule has 1 aliphatic rings. The maximum absolute atomic E-state index is 12.6. The van der Waals surface area contributed by atoms with Gasteiger partial charge < -0.3 is 5.32 Å². The Morgan fingerprint density at radius 3 is 3.00 bits per heavy atom. The van der Waals surface area contributed by atoms with Crippen LogP contribution in [0, 0.1) is 17.0 Å². The third kappa shape index (κ3) is 2.69. The van der Waals surface area contributed by atoms with Crippen LogP contribution in [0.2, 0.25) is 0 Å². The Labute approximate surface area is 133 Å². The Morgan fingerprint density at radius 1 is 1.48 bits per heavy atom. The molecule has 1 amide bonds. The van der Waals surface area contributed by atoms with Gasteiger partial charge in [0.15, 0.2) is 0 Å². The van der Waals surface area contributed by atoms with Crippen LogP contribution in [-0.2, 0) is 13.5 Å². The highest BCUT2D eigenvalue weighted by molar-refractivity contribution is 5.96. The molecule has 1 atom stereocenters. The molecule has 0 fully saturated rings. The number of rotatable bonds is 3. The van der Waals surface area contributed by atoms with Gasteiger partial charge in [-0.15, -0.1) is 0 Å². The van der Waals surface area contributed by atoms with E-state index >= 15 is 0 Å². The van der Waals surface area contributed by atoms with E-state index in [4.69, 9.17) is 0 Å². The SMILES string of the molecule is Cc1c(C(=O)N[C@@H]2CCCc3c2cnn3C)cccc1[N+](=O)[O-]. The summed E-state index contributed by atoms with van der Waals surface area (Å²) in [6.45, 7) is 1.60. The van der Waals surface area contributed by atoms with E-state index in [0.717, 1.165) is 30.5 Å². The van der Waals surface area contributed by atoms with Gasteiger partial charge in [0.25, 0.3) is 11.6 Å². The Morgan fingerprint density at radius 2 is 2.26 bits per heavy atom. The lowest BCUT2D eigenvalue weighted by Crippen LogP contribution is -2.31. The van der Waals surface area contributed by atoms with Crippen LogP contribution in [0.15, 0.2) is 24.4 Å². The molecule has 120 valence electrons. The summed E-state index contributed by atoms with van der Waals surface area (Å²) < 4.78 is 1.84. The van der Waals surface area contributed by atoms with E-state index < -0.39 is 4.92 Å². The molecule has 0 spiro atoms. The van der Waals surface area contributed by atoms with Crippen LogP contribution < -0.4 is 5.32 Å². The zero-order valence-corrected chi connectivity index (χ0v) is 13.1. The molecule has 1 heterocycles. The third-order valence-electron chi connectivity index (χ3n) is 4.43. The summed E-state index contributed by atoms with van der Waals surface area (Å²) in [5.41, 5.74) is 2.86. The minimum Gasteiger partial charge on any atom is -0.345 e. The second-order valence-electron chi connectivity index (χ2n) is 5.80. The first-order chi connectivity index (χ1) is 11.0. The number of nitrogens with zero attached hydrogens (tertiary/aromatic N) is 3. The summed E-state index contributed by atoms with van der Waals surface area (Å²) in [5.74, 6) is -0.284. The van der Waals surface area contributed by atoms with Gasteiger partial charge >= 0.3 is 0 Å². The lowest BCUT2D eigenvalue weighted by Gasteiger charge is -2.24. The number of hydrogen-bond acceptors (Lipinski definition) is 4. The van der Waals surface area contributed by atoms with Gasteiger partial charge in [0, 0.05) is 35.5 Å². The maximum atomic E-state index is 12.6. The Bertz CT molecular complexity index is 782. The molecular weight excluding hydrogens is 296 g/mol. The molecule has 0 saturated heterocycles. The van der Waals surface area contributed by atoms with Gasteiger partial charge in [-0.1, -0.05) is 6.07 Å². The standard InChI is InChI=1S/C16H18N4O3/c1-10-11(5-3-7-14(10)20(22)23)16(21)18-13-6-4-8-15-12(13)9-17-19(15)2/h3,5,7,9,13H,4,6,8H2,1-2H3,(H,18,21)/t13-/m1/s1. The van der Waals surface area contributed by atoms with Gasteiger partial charge in [-0.2, -0.15) is 5.10 Å². The summed E-state index contributed by atoms with van der Waals surface area (Å²) in [6, 6.07) is 4.46. The molecule has 0 bridgehead atoms. The highest BCUT2D eigenvalue weighted by Crippen LogP contribution is 2.30. The van der Waals surface area contributed by atoms with Gasteiger partial charge in [-0.05, 0) is 32.3 Å². The molecule has 0 aliphatic heterocycles. The largest absolute Gasteiger partial charge is 0.345 e. The van der Waals surface area contributed by atoms with Crippen molar-refractivity contribution < 1.29 is 9.72 Å². The van der Waals surface area contributed by atoms with E-state index in [2.05, 4.69) is 10.4 Å². The molecule has 23 heavy (non-hydrogen) atoms. The summed E-state index contributed by atoms with van der Waals surface area (Å²) in [7, 11) is 1.90. The van der Waals surface area contributed by atoms with Crippen molar-refractivity contribution in [2.24, 2.45) is 7.05 Å². The number of nitro benzene ring substituents is 1. The molecule has 0 radical (unpaired) electrons. The predicted octanol–water partition coefficient (Wildman–Crippen LogP) is 2.44. The first-order valence-corrected chi connectivity index (χ1v) is 7.54. The zero-order chi connectivity index (χ0) is 16.6. The third-order valence-corrected chi connectivity index (χ3v) is 4.43. The number of hydrogen-bond donors (Lipinski definition) is 1. The molecule has 0 saturated carbocycles. The van der Waals surface area contributed by atoms with Crippen molar-refractivity contribution in [2.75, 3.05) is 0 Å². The summed E-state index contributed by atoms with van der Waals surface area (Å²) >= 11 is 0. The minimum absolute atomic E-state index is 0.0386. The molecular formula is C16H18N4O3.